The monoisotopic (exact) mass is 450 g/mol. The highest BCUT2D eigenvalue weighted by Crippen LogP contribution is 2.28. The Morgan fingerprint density at radius 1 is 0.941 bits per heavy atom. The second-order valence-corrected chi connectivity index (χ2v) is 8.40. The van der Waals surface area contributed by atoms with E-state index in [0.717, 1.165) is 27.5 Å². The molecule has 6 heteroatoms. The van der Waals surface area contributed by atoms with E-state index in [1.807, 2.05) is 50.5 Å². The smallest absolute Gasteiger partial charge is 0.253 e. The number of nitrogens with zero attached hydrogens (tertiary/aromatic N) is 3. The molecule has 5 rings (SSSR count). The largest absolute Gasteiger partial charge is 0.348 e. The van der Waals surface area contributed by atoms with Gasteiger partial charge in [0.25, 0.3) is 5.91 Å². The predicted molar refractivity (Wildman–Crippen MR) is 132 cm³/mol. The molecule has 0 bridgehead atoms. The van der Waals surface area contributed by atoms with Crippen LogP contribution in [-0.2, 0) is 13.6 Å². The van der Waals surface area contributed by atoms with Gasteiger partial charge in [-0.1, -0.05) is 42.5 Å². The molecule has 0 spiro atoms. The summed E-state index contributed by atoms with van der Waals surface area (Å²) in [4.78, 5) is 17.9. The first-order chi connectivity index (χ1) is 16.5. The molecule has 0 aliphatic rings. The zero-order valence-electron chi connectivity index (χ0n) is 18.9. The Balaban J connectivity index is 1.49. The lowest BCUT2D eigenvalue weighted by molar-refractivity contribution is 0.0951. The van der Waals surface area contributed by atoms with E-state index >= 15 is 0 Å². The number of halogens is 1. The molecule has 0 unspecified atom stereocenters. The molecular formula is C28H23FN4O. The van der Waals surface area contributed by atoms with Crippen LogP contribution in [0.4, 0.5) is 4.39 Å². The third-order valence-corrected chi connectivity index (χ3v) is 5.75. The van der Waals surface area contributed by atoms with Gasteiger partial charge in [-0.15, -0.1) is 0 Å². The first kappa shape index (κ1) is 21.5. The minimum absolute atomic E-state index is 0.255. The summed E-state index contributed by atoms with van der Waals surface area (Å²) in [6, 6.07) is 20.8. The average Bonchev–Trinajstić information content (AvgIpc) is 3.27. The highest BCUT2D eigenvalue weighted by atomic mass is 19.1. The Morgan fingerprint density at radius 2 is 1.76 bits per heavy atom. The number of carbonyl (C=O) groups excluding carboxylic acids is 1. The number of nitrogens with one attached hydrogen (secondary N) is 1. The van der Waals surface area contributed by atoms with Crippen molar-refractivity contribution in [3.05, 3.63) is 108 Å². The number of benzene rings is 3. The molecule has 5 aromatic rings. The summed E-state index contributed by atoms with van der Waals surface area (Å²) in [5.41, 5.74) is 4.82. The van der Waals surface area contributed by atoms with Gasteiger partial charge in [0.15, 0.2) is 0 Å². The maximum absolute atomic E-state index is 14.0. The van der Waals surface area contributed by atoms with E-state index in [2.05, 4.69) is 33.6 Å². The Kier molecular flexibility index (Phi) is 5.64. The van der Waals surface area contributed by atoms with Gasteiger partial charge in [0, 0.05) is 37.1 Å². The lowest BCUT2D eigenvalue weighted by atomic mass is 10.00. The van der Waals surface area contributed by atoms with Crippen LogP contribution in [-0.4, -0.2) is 20.7 Å². The van der Waals surface area contributed by atoms with E-state index in [1.165, 1.54) is 12.1 Å². The molecule has 0 atom stereocenters. The van der Waals surface area contributed by atoms with E-state index in [-0.39, 0.29) is 11.7 Å². The zero-order chi connectivity index (χ0) is 23.7. The fourth-order valence-electron chi connectivity index (χ4n) is 4.10. The van der Waals surface area contributed by atoms with Crippen molar-refractivity contribution in [1.29, 1.82) is 0 Å². The summed E-state index contributed by atoms with van der Waals surface area (Å²) >= 11 is 0. The van der Waals surface area contributed by atoms with Gasteiger partial charge in [-0.25, -0.2) is 4.39 Å². The molecular weight excluding hydrogens is 427 g/mol. The topological polar surface area (TPSA) is 59.8 Å². The fraction of sp³-hybridized carbons (Fsp3) is 0.107. The number of aryl methyl sites for hydroxylation is 2. The van der Waals surface area contributed by atoms with Crippen molar-refractivity contribution in [3.8, 4) is 22.4 Å². The minimum atomic E-state index is -0.325. The second-order valence-electron chi connectivity index (χ2n) is 8.40. The van der Waals surface area contributed by atoms with Gasteiger partial charge in [-0.05, 0) is 58.7 Å². The number of pyridine rings is 1. The molecule has 0 radical (unpaired) electrons. The first-order valence-electron chi connectivity index (χ1n) is 11.0. The van der Waals surface area contributed by atoms with Gasteiger partial charge in [-0.3, -0.25) is 14.5 Å². The van der Waals surface area contributed by atoms with Crippen molar-refractivity contribution in [2.24, 2.45) is 7.05 Å². The van der Waals surface area contributed by atoms with Crippen LogP contribution in [0.5, 0.6) is 0 Å². The van der Waals surface area contributed by atoms with Gasteiger partial charge < -0.3 is 5.32 Å². The van der Waals surface area contributed by atoms with Crippen LogP contribution in [0.3, 0.4) is 0 Å². The van der Waals surface area contributed by atoms with Crippen molar-refractivity contribution in [2.75, 3.05) is 0 Å². The molecule has 5 nitrogen and oxygen atoms in total. The molecule has 34 heavy (non-hydrogen) atoms. The fourth-order valence-corrected chi connectivity index (χ4v) is 4.10. The molecule has 168 valence electrons. The summed E-state index contributed by atoms with van der Waals surface area (Å²) in [6.45, 7) is 2.21. The summed E-state index contributed by atoms with van der Waals surface area (Å²) in [6.07, 6.45) is 5.15. The van der Waals surface area contributed by atoms with Gasteiger partial charge in [0.05, 0.1) is 17.5 Å². The normalized spacial score (nSPS) is 11.0. The van der Waals surface area contributed by atoms with E-state index in [9.17, 15) is 9.18 Å². The lowest BCUT2D eigenvalue weighted by Gasteiger charge is -2.12. The summed E-state index contributed by atoms with van der Waals surface area (Å²) in [5, 5.41) is 9.51. The van der Waals surface area contributed by atoms with Crippen LogP contribution >= 0.6 is 0 Å². The lowest BCUT2D eigenvalue weighted by Crippen LogP contribution is -2.23. The highest BCUT2D eigenvalue weighted by Gasteiger charge is 2.17. The molecule has 2 aromatic heterocycles. The van der Waals surface area contributed by atoms with Crippen molar-refractivity contribution in [3.63, 3.8) is 0 Å². The van der Waals surface area contributed by atoms with Crippen LogP contribution in [0.1, 0.15) is 21.5 Å². The SMILES string of the molecule is Cc1cc(F)cc(-c2cnc(-c3cnn(C)c3)c(C(=O)NCc3ccc4ccccc4c3)c2)c1. The summed E-state index contributed by atoms with van der Waals surface area (Å²) in [7, 11) is 1.81. The van der Waals surface area contributed by atoms with Crippen molar-refractivity contribution >= 4 is 16.7 Å². The van der Waals surface area contributed by atoms with Gasteiger partial charge in [0.2, 0.25) is 0 Å². The van der Waals surface area contributed by atoms with Crippen LogP contribution < -0.4 is 5.32 Å². The molecule has 0 saturated heterocycles. The van der Waals surface area contributed by atoms with E-state index < -0.39 is 0 Å². The van der Waals surface area contributed by atoms with Crippen molar-refractivity contribution in [2.45, 2.75) is 13.5 Å². The summed E-state index contributed by atoms with van der Waals surface area (Å²) < 4.78 is 15.7. The zero-order valence-corrected chi connectivity index (χ0v) is 18.9. The number of hydrogen-bond acceptors (Lipinski definition) is 3. The number of carbonyl (C=O) groups is 1. The minimum Gasteiger partial charge on any atom is -0.348 e. The maximum atomic E-state index is 14.0. The third kappa shape index (κ3) is 4.43. The van der Waals surface area contributed by atoms with Crippen molar-refractivity contribution < 1.29 is 9.18 Å². The number of hydrogen-bond donors (Lipinski definition) is 1. The quantitative estimate of drug-likeness (QED) is 0.375. The molecule has 2 heterocycles. The van der Waals surface area contributed by atoms with Crippen LogP contribution in [0.2, 0.25) is 0 Å². The van der Waals surface area contributed by atoms with Gasteiger partial charge >= 0.3 is 0 Å². The van der Waals surface area contributed by atoms with Crippen LogP contribution in [0, 0.1) is 12.7 Å². The number of fused-ring (bicyclic) bond motifs is 1. The van der Waals surface area contributed by atoms with Gasteiger partial charge in [0.1, 0.15) is 5.82 Å². The van der Waals surface area contributed by atoms with E-state index in [0.29, 0.717) is 28.9 Å². The standard InChI is InChI=1S/C28H23FN4O/c1-18-9-22(12-25(29)10-18)23-13-26(27(30-15-23)24-16-32-33(2)17-24)28(34)31-14-19-7-8-20-5-3-4-6-21(20)11-19/h3-13,15-17H,14H2,1-2H3,(H,31,34). The van der Waals surface area contributed by atoms with Gasteiger partial charge in [-0.2, -0.15) is 5.10 Å². The van der Waals surface area contributed by atoms with Crippen molar-refractivity contribution in [1.82, 2.24) is 20.1 Å². The van der Waals surface area contributed by atoms with Crippen LogP contribution in [0.15, 0.2) is 85.3 Å². The second kappa shape index (κ2) is 8.90. The number of rotatable bonds is 5. The Labute approximate surface area is 196 Å². The molecule has 0 aliphatic heterocycles. The first-order valence-corrected chi connectivity index (χ1v) is 11.0. The van der Waals surface area contributed by atoms with E-state index in [1.54, 1.807) is 23.1 Å². The third-order valence-electron chi connectivity index (χ3n) is 5.75. The Morgan fingerprint density at radius 3 is 2.53 bits per heavy atom. The maximum Gasteiger partial charge on any atom is 0.253 e. The molecule has 1 amide bonds. The Hall–Kier alpha value is -4.32. The number of aromatic nitrogens is 3. The molecule has 0 aliphatic carbocycles. The molecule has 0 fully saturated rings. The van der Waals surface area contributed by atoms with E-state index in [4.69, 9.17) is 0 Å². The Bertz CT molecular complexity index is 1500. The molecule has 3 aromatic carbocycles. The average molecular weight is 451 g/mol. The molecule has 0 saturated carbocycles. The highest BCUT2D eigenvalue weighted by molar-refractivity contribution is 6.01. The molecule has 1 N–H and O–H groups in total. The predicted octanol–water partition coefficient (Wildman–Crippen LogP) is 5.68. The number of amides is 1. The summed E-state index contributed by atoms with van der Waals surface area (Å²) in [5.74, 6) is -0.580. The van der Waals surface area contributed by atoms with Crippen LogP contribution in [0.25, 0.3) is 33.2 Å².